The Bertz CT molecular complexity index is 1540. The van der Waals surface area contributed by atoms with Crippen LogP contribution in [0.4, 0.5) is 13.6 Å². The van der Waals surface area contributed by atoms with Gasteiger partial charge in [0.2, 0.25) is 11.7 Å². The zero-order valence-electron chi connectivity index (χ0n) is 22.4. The van der Waals surface area contributed by atoms with Crippen LogP contribution in [0, 0.1) is 11.6 Å². The largest absolute Gasteiger partial charge is 0.547 e. The number of nitrogens with one attached hydrogen (secondary N) is 2. The molecule has 1 saturated heterocycles. The monoisotopic (exact) mass is 601 g/mol. The molecule has 226 valence electrons. The molecule has 0 radical (unpaired) electrons. The summed E-state index contributed by atoms with van der Waals surface area (Å²) in [6.45, 7) is -0.191. The molecule has 2 aliphatic heterocycles. The highest BCUT2D eigenvalue weighted by Gasteiger charge is 2.45. The van der Waals surface area contributed by atoms with Gasteiger partial charge >= 0.3 is 30.9 Å². The lowest BCUT2D eigenvalue weighted by Gasteiger charge is -2.35. The maximum absolute atomic E-state index is 14.9. The first-order chi connectivity index (χ1) is 20.3. The van der Waals surface area contributed by atoms with Gasteiger partial charge < -0.3 is 41.2 Å². The van der Waals surface area contributed by atoms with Gasteiger partial charge in [-0.05, 0) is 43.0 Å². The number of carboxylic acids is 1. The predicted molar refractivity (Wildman–Crippen MR) is 141 cm³/mol. The van der Waals surface area contributed by atoms with Crippen molar-refractivity contribution in [2.24, 2.45) is 5.73 Å². The van der Waals surface area contributed by atoms with Crippen molar-refractivity contribution < 1.29 is 52.6 Å². The van der Waals surface area contributed by atoms with Gasteiger partial charge in [0.1, 0.15) is 11.8 Å². The molecule has 0 spiro atoms. The number of nitrogens with zero attached hydrogens (tertiary/aromatic N) is 2. The lowest BCUT2D eigenvalue weighted by atomic mass is 9.72. The summed E-state index contributed by atoms with van der Waals surface area (Å²) in [4.78, 5) is 65.3. The van der Waals surface area contributed by atoms with E-state index in [2.05, 4.69) is 10.6 Å². The second kappa shape index (κ2) is 11.1. The number of carbonyl (C=O) groups excluding carboxylic acids is 4. The minimum atomic E-state index is -2.03. The molecule has 2 fully saturated rings. The summed E-state index contributed by atoms with van der Waals surface area (Å²) in [6, 6.07) is 2.47. The average molecular weight is 601 g/mol. The number of hydrogen-bond acceptors (Lipinski definition) is 9. The number of phenols is 1. The molecule has 3 aliphatic rings. The van der Waals surface area contributed by atoms with Crippen LogP contribution in [0.15, 0.2) is 30.3 Å². The molecule has 1 aliphatic carbocycles. The molecule has 2 atom stereocenters. The summed E-state index contributed by atoms with van der Waals surface area (Å²) in [7, 11) is -1.78. The van der Waals surface area contributed by atoms with E-state index in [1.54, 1.807) is 0 Å². The molecule has 5 amide bonds. The van der Waals surface area contributed by atoms with Gasteiger partial charge in [-0.25, -0.2) is 14.0 Å². The van der Waals surface area contributed by atoms with E-state index in [1.165, 1.54) is 23.1 Å². The lowest BCUT2D eigenvalue weighted by Crippen LogP contribution is -2.61. The van der Waals surface area contributed by atoms with Crippen LogP contribution in [-0.4, -0.2) is 93.0 Å². The van der Waals surface area contributed by atoms with E-state index in [-0.39, 0.29) is 37.4 Å². The first-order valence-corrected chi connectivity index (χ1v) is 13.2. The zero-order valence-corrected chi connectivity index (χ0v) is 22.4. The van der Waals surface area contributed by atoms with Gasteiger partial charge in [0.25, 0.3) is 0 Å². The number of imide groups is 1. The maximum Gasteiger partial charge on any atom is 0.547 e. The van der Waals surface area contributed by atoms with Crippen molar-refractivity contribution >= 4 is 36.8 Å². The molecule has 14 nitrogen and oxygen atoms in total. The molecular formula is C26H26BF2N5O9. The highest BCUT2D eigenvalue weighted by atomic mass is 19.2. The van der Waals surface area contributed by atoms with E-state index < -0.39 is 77.3 Å². The molecule has 43 heavy (non-hydrogen) atoms. The van der Waals surface area contributed by atoms with Crippen molar-refractivity contribution in [2.45, 2.75) is 36.8 Å². The average Bonchev–Trinajstić information content (AvgIpc) is 3.69. The second-order valence-corrected chi connectivity index (χ2v) is 10.7. The smallest absolute Gasteiger partial charge is 0.534 e. The SMILES string of the molecule is NC1(CN2CCN(C(=O)NC(C(=O)N[C@H]3Cc4cccc(C(=O)O)c4OB3O)c3ccc(O)c(F)c3F)C(=O)C2=O)CC1. The summed E-state index contributed by atoms with van der Waals surface area (Å²) in [5.74, 6) is -10.5. The summed E-state index contributed by atoms with van der Waals surface area (Å²) < 4.78 is 34.6. The summed E-state index contributed by atoms with van der Waals surface area (Å²) >= 11 is 0. The Kier molecular flexibility index (Phi) is 7.70. The van der Waals surface area contributed by atoms with Gasteiger partial charge in [-0.3, -0.25) is 19.3 Å². The minimum absolute atomic E-state index is 0.0423. The van der Waals surface area contributed by atoms with Crippen LogP contribution in [0.1, 0.15) is 40.4 Å². The van der Waals surface area contributed by atoms with Gasteiger partial charge in [0, 0.05) is 30.7 Å². The predicted octanol–water partition coefficient (Wildman–Crippen LogP) is -0.579. The molecule has 2 heterocycles. The Morgan fingerprint density at radius 1 is 1.12 bits per heavy atom. The fourth-order valence-electron chi connectivity index (χ4n) is 4.96. The van der Waals surface area contributed by atoms with Crippen LogP contribution in [0.2, 0.25) is 0 Å². The van der Waals surface area contributed by atoms with Gasteiger partial charge in [-0.2, -0.15) is 4.39 Å². The zero-order chi connectivity index (χ0) is 31.2. The van der Waals surface area contributed by atoms with E-state index in [1.807, 2.05) is 0 Å². The topological polar surface area (TPSA) is 212 Å². The Morgan fingerprint density at radius 3 is 2.51 bits per heavy atom. The lowest BCUT2D eigenvalue weighted by molar-refractivity contribution is -0.154. The number of urea groups is 1. The van der Waals surface area contributed by atoms with Gasteiger partial charge in [-0.15, -0.1) is 0 Å². The summed E-state index contributed by atoms with van der Waals surface area (Å²) in [5.41, 5.74) is 4.79. The summed E-state index contributed by atoms with van der Waals surface area (Å²) in [5, 5.41) is 34.0. The number of phenolic OH excluding ortho intramolecular Hbond substituents is 1. The molecule has 5 rings (SSSR count). The van der Waals surface area contributed by atoms with Crippen LogP contribution in [0.25, 0.3) is 0 Å². The van der Waals surface area contributed by atoms with E-state index >= 15 is 0 Å². The van der Waals surface area contributed by atoms with E-state index in [0.29, 0.717) is 23.3 Å². The van der Waals surface area contributed by atoms with Crippen molar-refractivity contribution in [1.82, 2.24) is 20.4 Å². The number of carboxylic acid groups (broad SMARTS) is 1. The number of benzene rings is 2. The van der Waals surface area contributed by atoms with Crippen molar-refractivity contribution in [3.8, 4) is 11.5 Å². The third kappa shape index (κ3) is 5.81. The fourth-order valence-corrected chi connectivity index (χ4v) is 4.96. The Labute approximate surface area is 242 Å². The van der Waals surface area contributed by atoms with Gasteiger partial charge in [-0.1, -0.05) is 12.1 Å². The third-order valence-corrected chi connectivity index (χ3v) is 7.56. The first kappa shape index (κ1) is 29.7. The number of carbonyl (C=O) groups is 5. The number of nitrogens with two attached hydrogens (primary N) is 1. The second-order valence-electron chi connectivity index (χ2n) is 10.7. The normalized spacial score (nSPS) is 19.7. The van der Waals surface area contributed by atoms with Crippen LogP contribution in [-0.2, 0) is 20.8 Å². The molecular weight excluding hydrogens is 575 g/mol. The van der Waals surface area contributed by atoms with E-state index in [4.69, 9.17) is 10.4 Å². The van der Waals surface area contributed by atoms with Crippen molar-refractivity contribution in [2.75, 3.05) is 19.6 Å². The van der Waals surface area contributed by atoms with E-state index in [9.17, 15) is 48.0 Å². The number of rotatable bonds is 7. The molecule has 0 bridgehead atoms. The highest BCUT2D eigenvalue weighted by Crippen LogP contribution is 2.34. The molecule has 1 saturated carbocycles. The third-order valence-electron chi connectivity index (χ3n) is 7.56. The van der Waals surface area contributed by atoms with E-state index in [0.717, 1.165) is 12.1 Å². The number of halogens is 2. The quantitative estimate of drug-likeness (QED) is 0.176. The number of piperazine rings is 1. The van der Waals surface area contributed by atoms with Crippen molar-refractivity contribution in [3.63, 3.8) is 0 Å². The minimum Gasteiger partial charge on any atom is -0.534 e. The molecule has 7 N–H and O–H groups in total. The van der Waals surface area contributed by atoms with Crippen LogP contribution in [0.5, 0.6) is 11.5 Å². The van der Waals surface area contributed by atoms with Gasteiger partial charge in [0.05, 0.1) is 11.5 Å². The van der Waals surface area contributed by atoms with Crippen LogP contribution < -0.4 is 21.0 Å². The molecule has 0 aromatic heterocycles. The first-order valence-electron chi connectivity index (χ1n) is 13.2. The number of aromatic hydroxyl groups is 1. The number of aromatic carboxylic acids is 1. The standard InChI is InChI=1S/C26H26BF2N5O9/c28-17-13(4-5-15(35)18(17)29)19(32-25(41)34-9-8-33(22(37)23(34)38)11-26(30)6-7-26)21(36)31-16-10-12-2-1-3-14(24(39)40)20(12)43-27(16)42/h1-5,16,19,35,42H,6-11,30H2,(H,31,36)(H,32,41)(H,39,40)/t16-,19?/m0/s1. The molecule has 2 aromatic rings. The summed E-state index contributed by atoms with van der Waals surface area (Å²) in [6.07, 6.45) is 1.20. The number of amides is 5. The highest BCUT2D eigenvalue weighted by molar-refractivity contribution is 6.47. The fraction of sp³-hybridized carbons (Fsp3) is 0.346. The number of fused-ring (bicyclic) bond motifs is 1. The number of hydrogen-bond donors (Lipinski definition) is 6. The van der Waals surface area contributed by atoms with Crippen molar-refractivity contribution in [3.05, 3.63) is 58.7 Å². The molecule has 2 aromatic carbocycles. The molecule has 1 unspecified atom stereocenters. The van der Waals surface area contributed by atoms with Crippen LogP contribution in [0.3, 0.4) is 0 Å². The Balaban J connectivity index is 1.37. The molecule has 17 heteroatoms. The van der Waals surface area contributed by atoms with Crippen molar-refractivity contribution in [1.29, 1.82) is 0 Å². The van der Waals surface area contributed by atoms with Gasteiger partial charge in [0.15, 0.2) is 11.6 Å². The number of para-hydroxylation sites is 1. The Morgan fingerprint density at radius 2 is 1.84 bits per heavy atom. The van der Waals surface area contributed by atoms with Crippen LogP contribution >= 0.6 is 0 Å². The maximum atomic E-state index is 14.9. The Hall–Kier alpha value is -4.77.